The van der Waals surface area contributed by atoms with Crippen LogP contribution in [0.1, 0.15) is 25.3 Å². The number of methoxy groups -OCH3 is 1. The van der Waals surface area contributed by atoms with Gasteiger partial charge in [0, 0.05) is 12.3 Å². The van der Waals surface area contributed by atoms with Crippen molar-refractivity contribution < 1.29 is 24.2 Å². The van der Waals surface area contributed by atoms with Gasteiger partial charge < -0.3 is 19.5 Å². The number of phenols is 1. The highest BCUT2D eigenvalue weighted by Gasteiger charge is 2.38. The Labute approximate surface area is 146 Å². The standard InChI is InChI=1S/C19H21NO5/c1-12-17(19(23)24-2)16(10-13-5-7-14(21)8-6-13)18(22)20(12)11-15-4-3-9-25-15/h5-8,10,15,21H,3-4,9,11H2,1-2H3/b16-10-/t15-/m1/s1. The average Bonchev–Trinajstić information content (AvgIpc) is 3.19. The van der Waals surface area contributed by atoms with E-state index in [0.29, 0.717) is 30.0 Å². The maximum absolute atomic E-state index is 12.9. The van der Waals surface area contributed by atoms with Crippen molar-refractivity contribution in [1.82, 2.24) is 4.90 Å². The third-order valence-electron chi connectivity index (χ3n) is 4.52. The molecule has 2 aliphatic rings. The maximum Gasteiger partial charge on any atom is 0.340 e. The van der Waals surface area contributed by atoms with Crippen molar-refractivity contribution in [3.05, 3.63) is 46.7 Å². The van der Waals surface area contributed by atoms with E-state index in [0.717, 1.165) is 12.8 Å². The van der Waals surface area contributed by atoms with Crippen LogP contribution in [0.15, 0.2) is 41.1 Å². The van der Waals surface area contributed by atoms with Crippen molar-refractivity contribution in [3.63, 3.8) is 0 Å². The molecule has 1 saturated heterocycles. The SMILES string of the molecule is COC(=O)C1=C(C)N(C[C@H]2CCCO2)C(=O)/C1=C\c1ccc(O)cc1. The molecule has 1 aromatic rings. The fraction of sp³-hybridized carbons (Fsp3) is 0.368. The second kappa shape index (κ2) is 7.11. The lowest BCUT2D eigenvalue weighted by molar-refractivity contribution is -0.136. The summed E-state index contributed by atoms with van der Waals surface area (Å²) in [5, 5.41) is 9.40. The summed E-state index contributed by atoms with van der Waals surface area (Å²) in [4.78, 5) is 26.7. The van der Waals surface area contributed by atoms with E-state index in [-0.39, 0.29) is 23.3 Å². The number of phenolic OH excluding ortho intramolecular Hbond substituents is 1. The molecule has 1 amide bonds. The predicted molar refractivity (Wildman–Crippen MR) is 91.5 cm³/mol. The molecule has 6 nitrogen and oxygen atoms in total. The molecule has 0 saturated carbocycles. The number of esters is 1. The zero-order valence-electron chi connectivity index (χ0n) is 14.3. The summed E-state index contributed by atoms with van der Waals surface area (Å²) in [5.74, 6) is -0.632. The van der Waals surface area contributed by atoms with Crippen molar-refractivity contribution in [2.75, 3.05) is 20.3 Å². The summed E-state index contributed by atoms with van der Waals surface area (Å²) in [6.07, 6.45) is 3.52. The van der Waals surface area contributed by atoms with Gasteiger partial charge in [-0.25, -0.2) is 4.79 Å². The molecule has 1 atom stereocenters. The van der Waals surface area contributed by atoms with E-state index in [1.54, 1.807) is 30.0 Å². The van der Waals surface area contributed by atoms with Crippen LogP contribution in [0.5, 0.6) is 5.75 Å². The van der Waals surface area contributed by atoms with Crippen LogP contribution >= 0.6 is 0 Å². The number of carbonyl (C=O) groups excluding carboxylic acids is 2. The molecular weight excluding hydrogens is 322 g/mol. The molecule has 1 aromatic carbocycles. The fourth-order valence-electron chi connectivity index (χ4n) is 3.18. The molecule has 0 unspecified atom stereocenters. The third kappa shape index (κ3) is 3.44. The number of aromatic hydroxyl groups is 1. The number of ether oxygens (including phenoxy) is 2. The first kappa shape index (κ1) is 17.2. The summed E-state index contributed by atoms with van der Waals surface area (Å²) >= 11 is 0. The van der Waals surface area contributed by atoms with Crippen molar-refractivity contribution in [1.29, 1.82) is 0 Å². The fourth-order valence-corrected chi connectivity index (χ4v) is 3.18. The summed E-state index contributed by atoms with van der Waals surface area (Å²) in [7, 11) is 1.30. The quantitative estimate of drug-likeness (QED) is 0.670. The third-order valence-corrected chi connectivity index (χ3v) is 4.52. The molecule has 132 valence electrons. The minimum absolute atomic E-state index is 0.00850. The van der Waals surface area contributed by atoms with Gasteiger partial charge in [0.05, 0.1) is 30.9 Å². The lowest BCUT2D eigenvalue weighted by Crippen LogP contribution is -2.33. The van der Waals surface area contributed by atoms with E-state index in [2.05, 4.69) is 0 Å². The molecule has 1 fully saturated rings. The van der Waals surface area contributed by atoms with Crippen molar-refractivity contribution >= 4 is 18.0 Å². The first-order valence-corrected chi connectivity index (χ1v) is 8.25. The maximum atomic E-state index is 12.9. The van der Waals surface area contributed by atoms with Gasteiger partial charge in [-0.15, -0.1) is 0 Å². The predicted octanol–water partition coefficient (Wildman–Crippen LogP) is 2.24. The second-order valence-electron chi connectivity index (χ2n) is 6.15. The van der Waals surface area contributed by atoms with Crippen LogP contribution < -0.4 is 0 Å². The number of amides is 1. The van der Waals surface area contributed by atoms with Gasteiger partial charge in [0.15, 0.2) is 0 Å². The summed E-state index contributed by atoms with van der Waals surface area (Å²) in [6.45, 7) is 2.88. The molecule has 0 bridgehead atoms. The number of hydrogen-bond acceptors (Lipinski definition) is 5. The highest BCUT2D eigenvalue weighted by atomic mass is 16.5. The molecule has 0 aromatic heterocycles. The Morgan fingerprint density at radius 3 is 2.72 bits per heavy atom. The van der Waals surface area contributed by atoms with Crippen LogP contribution in [-0.2, 0) is 19.1 Å². The van der Waals surface area contributed by atoms with Gasteiger partial charge in [-0.1, -0.05) is 12.1 Å². The molecule has 2 heterocycles. The lowest BCUT2D eigenvalue weighted by Gasteiger charge is -2.21. The number of benzene rings is 1. The minimum atomic E-state index is -0.536. The Balaban J connectivity index is 1.96. The van der Waals surface area contributed by atoms with Crippen LogP contribution in [0, 0.1) is 0 Å². The van der Waals surface area contributed by atoms with Gasteiger partial charge in [0.25, 0.3) is 5.91 Å². The zero-order chi connectivity index (χ0) is 18.0. The first-order valence-electron chi connectivity index (χ1n) is 8.25. The van der Waals surface area contributed by atoms with Crippen molar-refractivity contribution in [2.45, 2.75) is 25.9 Å². The van der Waals surface area contributed by atoms with E-state index in [9.17, 15) is 14.7 Å². The van der Waals surface area contributed by atoms with Crippen LogP contribution in [0.4, 0.5) is 0 Å². The highest BCUT2D eigenvalue weighted by Crippen LogP contribution is 2.32. The monoisotopic (exact) mass is 343 g/mol. The Bertz CT molecular complexity index is 742. The number of allylic oxidation sites excluding steroid dienone is 1. The second-order valence-corrected chi connectivity index (χ2v) is 6.15. The first-order chi connectivity index (χ1) is 12.0. The van der Waals surface area contributed by atoms with Crippen LogP contribution in [0.25, 0.3) is 6.08 Å². The van der Waals surface area contributed by atoms with E-state index in [1.807, 2.05) is 0 Å². The molecule has 25 heavy (non-hydrogen) atoms. The molecule has 0 radical (unpaired) electrons. The normalized spacial score (nSPS) is 22.2. The minimum Gasteiger partial charge on any atom is -0.508 e. The Kier molecular flexibility index (Phi) is 4.90. The number of carbonyl (C=O) groups is 2. The van der Waals surface area contributed by atoms with Crippen LogP contribution in [0.2, 0.25) is 0 Å². The summed E-state index contributed by atoms with van der Waals surface area (Å²) in [6, 6.07) is 6.43. The molecule has 0 spiro atoms. The van der Waals surface area contributed by atoms with Crippen LogP contribution in [0.3, 0.4) is 0 Å². The van der Waals surface area contributed by atoms with E-state index in [4.69, 9.17) is 9.47 Å². The van der Waals surface area contributed by atoms with Gasteiger partial charge >= 0.3 is 5.97 Å². The Morgan fingerprint density at radius 2 is 2.12 bits per heavy atom. The number of hydrogen-bond donors (Lipinski definition) is 1. The van der Waals surface area contributed by atoms with E-state index in [1.165, 1.54) is 19.2 Å². The topological polar surface area (TPSA) is 76.1 Å². The van der Waals surface area contributed by atoms with Gasteiger partial charge in [-0.2, -0.15) is 0 Å². The Morgan fingerprint density at radius 1 is 1.40 bits per heavy atom. The van der Waals surface area contributed by atoms with Gasteiger partial charge in [-0.05, 0) is 43.5 Å². The largest absolute Gasteiger partial charge is 0.508 e. The van der Waals surface area contributed by atoms with Gasteiger partial charge in [0.1, 0.15) is 5.75 Å². The molecular formula is C19H21NO5. The Hall–Kier alpha value is -2.60. The number of rotatable bonds is 4. The molecule has 2 aliphatic heterocycles. The smallest absolute Gasteiger partial charge is 0.340 e. The summed E-state index contributed by atoms with van der Waals surface area (Å²) < 4.78 is 10.5. The highest BCUT2D eigenvalue weighted by molar-refractivity contribution is 6.16. The van der Waals surface area contributed by atoms with Crippen LogP contribution in [-0.4, -0.2) is 48.2 Å². The summed E-state index contributed by atoms with van der Waals surface area (Å²) in [5.41, 5.74) is 1.87. The molecule has 1 N–H and O–H groups in total. The molecule has 6 heteroatoms. The lowest BCUT2D eigenvalue weighted by atomic mass is 10.0. The van der Waals surface area contributed by atoms with Gasteiger partial charge in [0.2, 0.25) is 0 Å². The van der Waals surface area contributed by atoms with E-state index < -0.39 is 5.97 Å². The van der Waals surface area contributed by atoms with Gasteiger partial charge in [-0.3, -0.25) is 4.79 Å². The average molecular weight is 343 g/mol. The number of nitrogens with zero attached hydrogens (tertiary/aromatic N) is 1. The zero-order valence-corrected chi connectivity index (χ0v) is 14.3. The molecule has 0 aliphatic carbocycles. The van der Waals surface area contributed by atoms with Crippen molar-refractivity contribution in [2.24, 2.45) is 0 Å². The van der Waals surface area contributed by atoms with E-state index >= 15 is 0 Å². The molecule has 3 rings (SSSR count). The van der Waals surface area contributed by atoms with Crippen molar-refractivity contribution in [3.8, 4) is 5.75 Å².